The quantitative estimate of drug-likeness (QED) is 0.737. The number of rotatable bonds is 7. The molecule has 0 aliphatic rings. The van der Waals surface area contributed by atoms with Gasteiger partial charge in [-0.1, -0.05) is 6.07 Å². The third kappa shape index (κ3) is 5.06. The number of aliphatic hydroxyl groups excluding tert-OH is 1. The summed E-state index contributed by atoms with van der Waals surface area (Å²) < 4.78 is 5.50. The van der Waals surface area contributed by atoms with E-state index in [0.717, 1.165) is 23.7 Å². The fourth-order valence-corrected chi connectivity index (χ4v) is 1.83. The first-order valence-electron chi connectivity index (χ1n) is 5.18. The highest BCUT2D eigenvalue weighted by atomic mass is 32.2. The van der Waals surface area contributed by atoms with Gasteiger partial charge in [0, 0.05) is 5.75 Å². The van der Waals surface area contributed by atoms with Crippen molar-refractivity contribution in [2.75, 3.05) is 24.7 Å². The van der Waals surface area contributed by atoms with Gasteiger partial charge in [-0.15, -0.1) is 0 Å². The van der Waals surface area contributed by atoms with E-state index in [2.05, 4.69) is 6.07 Å². The van der Waals surface area contributed by atoms with E-state index >= 15 is 0 Å². The Balaban J connectivity index is 2.19. The Labute approximate surface area is 100 Å². The standard InChI is InChI=1S/C12H15NO2S/c13-10-11-3-1-4-12(9-11)15-6-2-7-16-8-5-14/h1,3-4,9,14H,2,5-8H2. The molecular weight excluding hydrogens is 222 g/mol. The van der Waals surface area contributed by atoms with Crippen molar-refractivity contribution in [2.45, 2.75) is 6.42 Å². The molecule has 4 heteroatoms. The number of thioether (sulfide) groups is 1. The van der Waals surface area contributed by atoms with Crippen LogP contribution in [-0.4, -0.2) is 29.8 Å². The van der Waals surface area contributed by atoms with Crippen LogP contribution in [-0.2, 0) is 0 Å². The molecular formula is C12H15NO2S. The Morgan fingerprint density at radius 1 is 1.38 bits per heavy atom. The molecule has 86 valence electrons. The van der Waals surface area contributed by atoms with Gasteiger partial charge in [-0.05, 0) is 30.4 Å². The fourth-order valence-electron chi connectivity index (χ4n) is 1.17. The summed E-state index contributed by atoms with van der Waals surface area (Å²) in [7, 11) is 0. The Bertz CT molecular complexity index is 349. The molecule has 1 N–H and O–H groups in total. The van der Waals surface area contributed by atoms with E-state index in [4.69, 9.17) is 15.1 Å². The number of nitriles is 1. The second kappa shape index (κ2) is 8.03. The predicted molar refractivity (Wildman–Crippen MR) is 65.7 cm³/mol. The number of hydrogen-bond acceptors (Lipinski definition) is 4. The van der Waals surface area contributed by atoms with Crippen LogP contribution in [0.15, 0.2) is 24.3 Å². The number of aliphatic hydroxyl groups is 1. The minimum Gasteiger partial charge on any atom is -0.494 e. The summed E-state index contributed by atoms with van der Waals surface area (Å²) in [5.41, 5.74) is 0.618. The number of benzene rings is 1. The zero-order valence-corrected chi connectivity index (χ0v) is 9.87. The lowest BCUT2D eigenvalue weighted by molar-refractivity contribution is 0.317. The molecule has 0 unspecified atom stereocenters. The molecule has 0 radical (unpaired) electrons. The summed E-state index contributed by atoms with van der Waals surface area (Å²) in [4.78, 5) is 0. The van der Waals surface area contributed by atoms with Crippen LogP contribution in [0, 0.1) is 11.3 Å². The first-order valence-corrected chi connectivity index (χ1v) is 6.34. The van der Waals surface area contributed by atoms with Crippen molar-refractivity contribution in [3.05, 3.63) is 29.8 Å². The van der Waals surface area contributed by atoms with Gasteiger partial charge >= 0.3 is 0 Å². The van der Waals surface area contributed by atoms with Crippen molar-refractivity contribution >= 4 is 11.8 Å². The summed E-state index contributed by atoms with van der Waals surface area (Å²) in [5.74, 6) is 2.51. The molecule has 1 rings (SSSR count). The SMILES string of the molecule is N#Cc1cccc(OCCCSCCO)c1. The minimum atomic E-state index is 0.232. The fraction of sp³-hybridized carbons (Fsp3) is 0.417. The molecule has 0 atom stereocenters. The monoisotopic (exact) mass is 237 g/mol. The molecule has 0 aliphatic carbocycles. The molecule has 16 heavy (non-hydrogen) atoms. The minimum absolute atomic E-state index is 0.232. The maximum atomic E-state index is 8.70. The molecule has 1 aromatic carbocycles. The Morgan fingerprint density at radius 2 is 2.25 bits per heavy atom. The van der Waals surface area contributed by atoms with E-state index in [9.17, 15) is 0 Å². The normalized spacial score (nSPS) is 9.75. The maximum absolute atomic E-state index is 8.70. The zero-order chi connectivity index (χ0) is 11.6. The van der Waals surface area contributed by atoms with Gasteiger partial charge in [0.15, 0.2) is 0 Å². The summed E-state index contributed by atoms with van der Waals surface area (Å²) in [6, 6.07) is 9.23. The Kier molecular flexibility index (Phi) is 6.47. The van der Waals surface area contributed by atoms with Crippen LogP contribution in [0.1, 0.15) is 12.0 Å². The molecule has 0 saturated heterocycles. The van der Waals surface area contributed by atoms with Gasteiger partial charge in [0.1, 0.15) is 5.75 Å². The summed E-state index contributed by atoms with van der Waals surface area (Å²) in [5, 5.41) is 17.3. The summed E-state index contributed by atoms with van der Waals surface area (Å²) >= 11 is 1.71. The van der Waals surface area contributed by atoms with Crippen molar-refractivity contribution in [1.82, 2.24) is 0 Å². The predicted octanol–water partition coefficient (Wildman–Crippen LogP) is 2.05. The molecule has 1 aromatic rings. The second-order valence-corrected chi connectivity index (χ2v) is 4.40. The molecule has 0 bridgehead atoms. The van der Waals surface area contributed by atoms with E-state index in [-0.39, 0.29) is 6.61 Å². The van der Waals surface area contributed by atoms with Crippen molar-refractivity contribution in [3.8, 4) is 11.8 Å². The smallest absolute Gasteiger partial charge is 0.120 e. The van der Waals surface area contributed by atoms with Crippen LogP contribution in [0.4, 0.5) is 0 Å². The highest BCUT2D eigenvalue weighted by Crippen LogP contribution is 2.13. The van der Waals surface area contributed by atoms with Crippen LogP contribution < -0.4 is 4.74 Å². The highest BCUT2D eigenvalue weighted by molar-refractivity contribution is 7.99. The zero-order valence-electron chi connectivity index (χ0n) is 9.06. The van der Waals surface area contributed by atoms with Gasteiger partial charge < -0.3 is 9.84 Å². The lowest BCUT2D eigenvalue weighted by atomic mass is 10.2. The van der Waals surface area contributed by atoms with Gasteiger partial charge in [-0.2, -0.15) is 17.0 Å². The Hall–Kier alpha value is -1.18. The molecule has 0 saturated carbocycles. The number of nitrogens with zero attached hydrogens (tertiary/aromatic N) is 1. The van der Waals surface area contributed by atoms with Crippen LogP contribution >= 0.6 is 11.8 Å². The summed E-state index contributed by atoms with van der Waals surface area (Å²) in [6.07, 6.45) is 0.946. The third-order valence-corrected chi connectivity index (χ3v) is 2.95. The first-order chi connectivity index (χ1) is 7.86. The first kappa shape index (κ1) is 12.9. The van der Waals surface area contributed by atoms with Gasteiger partial charge in [0.2, 0.25) is 0 Å². The van der Waals surface area contributed by atoms with Crippen molar-refractivity contribution < 1.29 is 9.84 Å². The van der Waals surface area contributed by atoms with Crippen molar-refractivity contribution in [1.29, 1.82) is 5.26 Å². The van der Waals surface area contributed by atoms with Crippen LogP contribution in [0.3, 0.4) is 0 Å². The number of ether oxygens (including phenoxy) is 1. The van der Waals surface area contributed by atoms with E-state index in [1.54, 1.807) is 23.9 Å². The van der Waals surface area contributed by atoms with Crippen LogP contribution in [0.5, 0.6) is 5.75 Å². The maximum Gasteiger partial charge on any atom is 0.120 e. The molecule has 0 fully saturated rings. The van der Waals surface area contributed by atoms with E-state index in [1.807, 2.05) is 12.1 Å². The Morgan fingerprint density at radius 3 is 3.00 bits per heavy atom. The molecule has 0 heterocycles. The lowest BCUT2D eigenvalue weighted by Crippen LogP contribution is -1.99. The van der Waals surface area contributed by atoms with Gasteiger partial charge in [-0.3, -0.25) is 0 Å². The van der Waals surface area contributed by atoms with Crippen LogP contribution in [0.25, 0.3) is 0 Å². The molecule has 0 aliphatic heterocycles. The average molecular weight is 237 g/mol. The molecule has 3 nitrogen and oxygen atoms in total. The van der Waals surface area contributed by atoms with Gasteiger partial charge in [0.05, 0.1) is 24.8 Å². The third-order valence-electron chi connectivity index (χ3n) is 1.90. The van der Waals surface area contributed by atoms with E-state index in [0.29, 0.717) is 12.2 Å². The van der Waals surface area contributed by atoms with Gasteiger partial charge in [0.25, 0.3) is 0 Å². The molecule has 0 aromatic heterocycles. The second-order valence-electron chi connectivity index (χ2n) is 3.18. The molecule has 0 spiro atoms. The molecule has 0 amide bonds. The highest BCUT2D eigenvalue weighted by Gasteiger charge is 1.96. The van der Waals surface area contributed by atoms with Crippen LogP contribution in [0.2, 0.25) is 0 Å². The van der Waals surface area contributed by atoms with Crippen molar-refractivity contribution in [2.24, 2.45) is 0 Å². The van der Waals surface area contributed by atoms with Gasteiger partial charge in [-0.25, -0.2) is 0 Å². The lowest BCUT2D eigenvalue weighted by Gasteiger charge is -2.05. The van der Waals surface area contributed by atoms with E-state index in [1.165, 1.54) is 0 Å². The largest absolute Gasteiger partial charge is 0.494 e. The topological polar surface area (TPSA) is 53.2 Å². The average Bonchev–Trinajstić information content (AvgIpc) is 2.34. The summed E-state index contributed by atoms with van der Waals surface area (Å²) in [6.45, 7) is 0.878. The van der Waals surface area contributed by atoms with E-state index < -0.39 is 0 Å². The number of hydrogen-bond donors (Lipinski definition) is 1. The van der Waals surface area contributed by atoms with Crippen molar-refractivity contribution in [3.63, 3.8) is 0 Å².